The molecule has 0 bridgehead atoms. The van der Waals surface area contributed by atoms with Crippen molar-refractivity contribution in [1.82, 2.24) is 0 Å². The van der Waals surface area contributed by atoms with Gasteiger partial charge in [-0.05, 0) is 0 Å². The Bertz CT molecular complexity index is 23.4. The summed E-state index contributed by atoms with van der Waals surface area (Å²) in [6.07, 6.45) is 3.50. The molecular formula is C6H13Li. The molecular weight excluding hydrogens is 79.0 g/mol. The third-order valence-corrected chi connectivity index (χ3v) is 1.21. The molecule has 0 fully saturated rings. The smallest absolute Gasteiger partial charge is 0.329 e. The molecule has 0 aromatic rings. The van der Waals surface area contributed by atoms with E-state index in [-0.39, 0.29) is 18.9 Å². The minimum Gasteiger partial charge on any atom is -0.329 e. The van der Waals surface area contributed by atoms with E-state index in [1.807, 2.05) is 0 Å². The zero-order chi connectivity index (χ0) is 4.99. The first-order valence-corrected chi connectivity index (χ1v) is 2.60. The Morgan fingerprint density at radius 3 is 2.00 bits per heavy atom. The molecule has 0 spiro atoms. The van der Waals surface area contributed by atoms with Gasteiger partial charge in [-0.15, -0.1) is 0 Å². The summed E-state index contributed by atoms with van der Waals surface area (Å²) in [7, 11) is 0. The fourth-order valence-corrected chi connectivity index (χ4v) is 0.236. The van der Waals surface area contributed by atoms with Crippen LogP contribution in [0.15, 0.2) is 0 Å². The van der Waals surface area contributed by atoms with E-state index in [0.717, 1.165) is 5.92 Å². The Hall–Kier alpha value is 0.597. The number of hydrogen-bond donors (Lipinski definition) is 0. The zero-order valence-electron chi connectivity index (χ0n) is 5.86. The molecule has 0 nitrogen and oxygen atoms in total. The monoisotopic (exact) mass is 92.1 g/mol. The standard InChI is InChI=1S/C6H13.Li/c1-4-6(3)5-2;/h4,6H,5H2,1-3H3;/q-1;+1. The maximum absolute atomic E-state index is 2.22. The van der Waals surface area contributed by atoms with E-state index in [4.69, 9.17) is 0 Å². The van der Waals surface area contributed by atoms with E-state index >= 15 is 0 Å². The topological polar surface area (TPSA) is 0 Å². The predicted molar refractivity (Wildman–Crippen MR) is 29.4 cm³/mol. The Morgan fingerprint density at radius 1 is 1.57 bits per heavy atom. The molecule has 0 amide bonds. The summed E-state index contributed by atoms with van der Waals surface area (Å²) in [6, 6.07) is 0. The zero-order valence-corrected chi connectivity index (χ0v) is 5.86. The normalized spacial score (nSPS) is 12.4. The minimum atomic E-state index is 0. The van der Waals surface area contributed by atoms with Crippen LogP contribution in [0.3, 0.4) is 0 Å². The van der Waals surface area contributed by atoms with Crippen molar-refractivity contribution in [3.63, 3.8) is 0 Å². The summed E-state index contributed by atoms with van der Waals surface area (Å²) in [6.45, 7) is 6.53. The second kappa shape index (κ2) is 6.60. The first-order chi connectivity index (χ1) is 2.81. The average Bonchev–Trinajstić information content (AvgIpc) is 1.65. The average molecular weight is 92.1 g/mol. The van der Waals surface area contributed by atoms with Crippen LogP contribution in [0.2, 0.25) is 0 Å². The van der Waals surface area contributed by atoms with Gasteiger partial charge < -0.3 is 6.42 Å². The third kappa shape index (κ3) is 6.60. The molecule has 0 aliphatic heterocycles. The van der Waals surface area contributed by atoms with Crippen LogP contribution in [0.25, 0.3) is 0 Å². The first-order valence-electron chi connectivity index (χ1n) is 2.60. The molecule has 0 aliphatic rings. The van der Waals surface area contributed by atoms with Crippen LogP contribution in [0.5, 0.6) is 0 Å². The van der Waals surface area contributed by atoms with Crippen molar-refractivity contribution in [1.29, 1.82) is 0 Å². The van der Waals surface area contributed by atoms with Gasteiger partial charge in [-0.3, -0.25) is 0 Å². The SMILES string of the molecule is C[CH-]C(C)CC.[Li+]. The van der Waals surface area contributed by atoms with Crippen molar-refractivity contribution in [2.24, 2.45) is 5.92 Å². The molecule has 0 saturated heterocycles. The second-order valence-electron chi connectivity index (χ2n) is 1.72. The van der Waals surface area contributed by atoms with Crippen LogP contribution in [0, 0.1) is 12.3 Å². The first kappa shape index (κ1) is 10.6. The van der Waals surface area contributed by atoms with Crippen molar-refractivity contribution in [2.75, 3.05) is 0 Å². The van der Waals surface area contributed by atoms with Crippen LogP contribution in [0.4, 0.5) is 0 Å². The Balaban J connectivity index is 0. The van der Waals surface area contributed by atoms with Gasteiger partial charge in [0.15, 0.2) is 0 Å². The predicted octanol–water partition coefficient (Wildman–Crippen LogP) is -0.739. The van der Waals surface area contributed by atoms with Crippen LogP contribution in [-0.4, -0.2) is 0 Å². The summed E-state index contributed by atoms with van der Waals surface area (Å²) in [5.74, 6) is 0.810. The molecule has 0 saturated carbocycles. The molecule has 38 valence electrons. The van der Waals surface area contributed by atoms with Gasteiger partial charge >= 0.3 is 18.9 Å². The van der Waals surface area contributed by atoms with Gasteiger partial charge in [-0.1, -0.05) is 20.3 Å². The molecule has 0 heterocycles. The molecule has 0 rings (SSSR count). The van der Waals surface area contributed by atoms with E-state index in [1.165, 1.54) is 6.42 Å². The molecule has 0 aromatic heterocycles. The van der Waals surface area contributed by atoms with Crippen molar-refractivity contribution in [2.45, 2.75) is 27.2 Å². The van der Waals surface area contributed by atoms with Gasteiger partial charge in [0.05, 0.1) is 0 Å². The molecule has 0 aromatic carbocycles. The van der Waals surface area contributed by atoms with Crippen LogP contribution < -0.4 is 18.9 Å². The Kier molecular flexibility index (Phi) is 9.95. The van der Waals surface area contributed by atoms with E-state index in [0.29, 0.717) is 0 Å². The summed E-state index contributed by atoms with van der Waals surface area (Å²) in [5.41, 5.74) is 0. The maximum atomic E-state index is 2.22. The van der Waals surface area contributed by atoms with Crippen LogP contribution >= 0.6 is 0 Å². The Labute approximate surface area is 58.9 Å². The fraction of sp³-hybridized carbons (Fsp3) is 0.833. The van der Waals surface area contributed by atoms with Crippen molar-refractivity contribution < 1.29 is 18.9 Å². The second-order valence-corrected chi connectivity index (χ2v) is 1.72. The van der Waals surface area contributed by atoms with E-state index < -0.39 is 0 Å². The summed E-state index contributed by atoms with van der Waals surface area (Å²) in [5, 5.41) is 0. The summed E-state index contributed by atoms with van der Waals surface area (Å²) < 4.78 is 0. The fourth-order valence-electron chi connectivity index (χ4n) is 0.236. The summed E-state index contributed by atoms with van der Waals surface area (Å²) >= 11 is 0. The van der Waals surface area contributed by atoms with Crippen LogP contribution in [-0.2, 0) is 0 Å². The maximum Gasteiger partial charge on any atom is 1.00 e. The minimum absolute atomic E-state index is 0. The van der Waals surface area contributed by atoms with Crippen molar-refractivity contribution in [3.05, 3.63) is 6.42 Å². The van der Waals surface area contributed by atoms with Gasteiger partial charge in [0, 0.05) is 0 Å². The molecule has 7 heavy (non-hydrogen) atoms. The summed E-state index contributed by atoms with van der Waals surface area (Å²) in [4.78, 5) is 0. The largest absolute Gasteiger partial charge is 1.00 e. The van der Waals surface area contributed by atoms with E-state index in [2.05, 4.69) is 27.2 Å². The van der Waals surface area contributed by atoms with Crippen LogP contribution in [0.1, 0.15) is 27.2 Å². The number of hydrogen-bond acceptors (Lipinski definition) is 0. The van der Waals surface area contributed by atoms with E-state index in [9.17, 15) is 0 Å². The Morgan fingerprint density at radius 2 is 2.00 bits per heavy atom. The molecule has 1 atom stereocenters. The van der Waals surface area contributed by atoms with Gasteiger partial charge in [-0.25, -0.2) is 0 Å². The molecule has 0 N–H and O–H groups in total. The molecule has 1 heteroatoms. The van der Waals surface area contributed by atoms with Gasteiger partial charge in [0.25, 0.3) is 0 Å². The molecule has 0 aliphatic carbocycles. The molecule has 1 unspecified atom stereocenters. The van der Waals surface area contributed by atoms with Crippen molar-refractivity contribution >= 4 is 0 Å². The molecule has 0 radical (unpaired) electrons. The quantitative estimate of drug-likeness (QED) is 0.311. The van der Waals surface area contributed by atoms with Gasteiger partial charge in [0.2, 0.25) is 0 Å². The third-order valence-electron chi connectivity index (χ3n) is 1.21. The van der Waals surface area contributed by atoms with Gasteiger partial charge in [-0.2, -0.15) is 12.8 Å². The van der Waals surface area contributed by atoms with Crippen molar-refractivity contribution in [3.8, 4) is 0 Å². The number of rotatable bonds is 2. The van der Waals surface area contributed by atoms with E-state index in [1.54, 1.807) is 0 Å². The van der Waals surface area contributed by atoms with Gasteiger partial charge in [0.1, 0.15) is 0 Å².